The molecule has 0 atom stereocenters. The first kappa shape index (κ1) is 26.9. The van der Waals surface area contributed by atoms with E-state index in [-0.39, 0.29) is 28.5 Å². The molecule has 196 valence electrons. The van der Waals surface area contributed by atoms with Crippen LogP contribution < -0.4 is 15.0 Å². The van der Waals surface area contributed by atoms with E-state index in [0.717, 1.165) is 28.0 Å². The summed E-state index contributed by atoms with van der Waals surface area (Å²) in [7, 11) is 0. The van der Waals surface area contributed by atoms with Gasteiger partial charge in [-0.05, 0) is 69.3 Å². The summed E-state index contributed by atoms with van der Waals surface area (Å²) in [5.41, 5.74) is 2.27. The summed E-state index contributed by atoms with van der Waals surface area (Å²) in [4.78, 5) is 50.4. The third kappa shape index (κ3) is 5.70. The molecule has 38 heavy (non-hydrogen) atoms. The number of rotatable bonds is 10. The molecule has 0 saturated carbocycles. The van der Waals surface area contributed by atoms with Gasteiger partial charge in [0.2, 0.25) is 0 Å². The van der Waals surface area contributed by atoms with E-state index in [0.29, 0.717) is 29.6 Å². The number of nitrogens with zero attached hydrogens (tertiary/aromatic N) is 3. The zero-order valence-corrected chi connectivity index (χ0v) is 22.4. The van der Waals surface area contributed by atoms with Gasteiger partial charge in [0.05, 0.1) is 30.2 Å². The number of benzene rings is 2. The van der Waals surface area contributed by atoms with E-state index in [2.05, 4.69) is 15.3 Å². The van der Waals surface area contributed by atoms with Crippen molar-refractivity contribution in [1.82, 2.24) is 9.97 Å². The fourth-order valence-corrected chi connectivity index (χ4v) is 4.84. The highest BCUT2D eigenvalue weighted by Gasteiger charge is 2.42. The average Bonchev–Trinajstić information content (AvgIpc) is 3.11. The number of anilines is 2. The van der Waals surface area contributed by atoms with Crippen molar-refractivity contribution in [1.29, 1.82) is 0 Å². The molecule has 1 aliphatic rings. The minimum Gasteiger partial charge on any atom is -0.492 e. The number of imide groups is 1. The summed E-state index contributed by atoms with van der Waals surface area (Å²) in [6.07, 6.45) is 0.640. The molecule has 1 aliphatic heterocycles. The summed E-state index contributed by atoms with van der Waals surface area (Å²) in [6, 6.07) is 15.3. The second kappa shape index (κ2) is 11.9. The van der Waals surface area contributed by atoms with Crippen LogP contribution >= 0.6 is 11.8 Å². The molecule has 2 amide bonds. The van der Waals surface area contributed by atoms with Crippen LogP contribution in [0.5, 0.6) is 5.75 Å². The van der Waals surface area contributed by atoms with Gasteiger partial charge in [-0.15, -0.1) is 0 Å². The van der Waals surface area contributed by atoms with Crippen LogP contribution in [0.4, 0.5) is 11.4 Å². The van der Waals surface area contributed by atoms with E-state index in [1.807, 2.05) is 39.8 Å². The lowest BCUT2D eigenvalue weighted by Crippen LogP contribution is -2.33. The number of carbonyl (C=O) groups excluding carboxylic acids is 3. The minimum atomic E-state index is -0.621. The quantitative estimate of drug-likeness (QED) is 0.218. The first-order valence-electron chi connectivity index (χ1n) is 12.2. The summed E-state index contributed by atoms with van der Waals surface area (Å²) in [6.45, 7) is 8.04. The fourth-order valence-electron chi connectivity index (χ4n) is 3.86. The van der Waals surface area contributed by atoms with Gasteiger partial charge in [-0.25, -0.2) is 19.7 Å². The third-order valence-electron chi connectivity index (χ3n) is 5.45. The molecule has 0 unspecified atom stereocenters. The molecule has 3 aromatic rings. The van der Waals surface area contributed by atoms with Gasteiger partial charge in [0, 0.05) is 11.4 Å². The highest BCUT2D eigenvalue weighted by Crippen LogP contribution is 2.39. The van der Waals surface area contributed by atoms with Crippen LogP contribution in [0.1, 0.15) is 42.0 Å². The molecule has 0 bridgehead atoms. The minimum absolute atomic E-state index is 0.0339. The van der Waals surface area contributed by atoms with Crippen LogP contribution in [0.2, 0.25) is 0 Å². The Kier molecular flexibility index (Phi) is 8.42. The van der Waals surface area contributed by atoms with E-state index < -0.39 is 17.8 Å². The van der Waals surface area contributed by atoms with Crippen LogP contribution in [0.15, 0.2) is 70.4 Å². The van der Waals surface area contributed by atoms with Gasteiger partial charge in [-0.2, -0.15) is 0 Å². The van der Waals surface area contributed by atoms with E-state index in [1.165, 1.54) is 6.07 Å². The number of thioether (sulfide) groups is 1. The average molecular weight is 533 g/mol. The number of ether oxygens (including phenoxy) is 2. The number of aromatic nitrogens is 2. The molecule has 0 fully saturated rings. The Morgan fingerprint density at radius 1 is 0.974 bits per heavy atom. The third-order valence-corrected chi connectivity index (χ3v) is 6.39. The highest BCUT2D eigenvalue weighted by atomic mass is 32.2. The lowest BCUT2D eigenvalue weighted by molar-refractivity contribution is -0.120. The van der Waals surface area contributed by atoms with Gasteiger partial charge in [0.15, 0.2) is 5.16 Å². The topological polar surface area (TPSA) is 111 Å². The standard InChI is InChI=1S/C28H28N4O5S/c1-5-15-37-27(35)19-11-7-9-13-21(19)32-25(33)23(31-20-12-8-10-14-22(20)36-6-2)24(26(32)34)38-28-29-17(3)16-18(4)30-28/h7-14,16,31H,5-6,15H2,1-4H3. The number of hydrogen-bond donors (Lipinski definition) is 1. The van der Waals surface area contributed by atoms with E-state index >= 15 is 0 Å². The molecule has 0 radical (unpaired) electrons. The number of para-hydroxylation sites is 3. The number of hydrogen-bond acceptors (Lipinski definition) is 9. The number of amides is 2. The molecular formula is C28H28N4O5S. The van der Waals surface area contributed by atoms with Crippen molar-refractivity contribution in [3.8, 4) is 5.75 Å². The van der Waals surface area contributed by atoms with Crippen molar-refractivity contribution in [2.24, 2.45) is 0 Å². The van der Waals surface area contributed by atoms with Crippen molar-refractivity contribution in [3.05, 3.63) is 82.2 Å². The zero-order chi connectivity index (χ0) is 27.2. The Bertz CT molecular complexity index is 1400. The van der Waals surface area contributed by atoms with Crippen LogP contribution in [0.3, 0.4) is 0 Å². The van der Waals surface area contributed by atoms with Crippen LogP contribution in [-0.2, 0) is 14.3 Å². The maximum absolute atomic E-state index is 13.9. The van der Waals surface area contributed by atoms with Crippen molar-refractivity contribution in [2.75, 3.05) is 23.4 Å². The Labute approximate surface area is 225 Å². The second-order valence-electron chi connectivity index (χ2n) is 8.39. The fraction of sp³-hybridized carbons (Fsp3) is 0.250. The van der Waals surface area contributed by atoms with Crippen LogP contribution in [-0.4, -0.2) is 41.0 Å². The Hall–Kier alpha value is -4.18. The first-order chi connectivity index (χ1) is 18.3. The summed E-state index contributed by atoms with van der Waals surface area (Å²) in [5.74, 6) is -1.31. The van der Waals surface area contributed by atoms with Crippen molar-refractivity contribution < 1.29 is 23.9 Å². The van der Waals surface area contributed by atoms with Crippen molar-refractivity contribution in [3.63, 3.8) is 0 Å². The smallest absolute Gasteiger partial charge is 0.340 e. The van der Waals surface area contributed by atoms with Gasteiger partial charge in [0.1, 0.15) is 16.4 Å². The summed E-state index contributed by atoms with van der Waals surface area (Å²) < 4.78 is 11.0. The predicted molar refractivity (Wildman–Crippen MR) is 145 cm³/mol. The molecule has 0 saturated heterocycles. The SMILES string of the molecule is CCCOC(=O)c1ccccc1N1C(=O)C(Nc2ccccc2OCC)=C(Sc2nc(C)cc(C)n2)C1=O. The van der Waals surface area contributed by atoms with Gasteiger partial charge < -0.3 is 14.8 Å². The Balaban J connectivity index is 1.79. The number of esters is 1. The number of carbonyl (C=O) groups is 3. The number of aryl methyl sites for hydroxylation is 2. The molecule has 1 N–H and O–H groups in total. The van der Waals surface area contributed by atoms with Crippen molar-refractivity contribution >= 4 is 40.9 Å². The zero-order valence-electron chi connectivity index (χ0n) is 21.6. The lowest BCUT2D eigenvalue weighted by Gasteiger charge is -2.18. The van der Waals surface area contributed by atoms with Crippen molar-refractivity contribution in [2.45, 2.75) is 39.3 Å². The Morgan fingerprint density at radius 3 is 2.37 bits per heavy atom. The molecule has 1 aromatic heterocycles. The maximum atomic E-state index is 13.9. The van der Waals surface area contributed by atoms with Crippen LogP contribution in [0.25, 0.3) is 0 Å². The van der Waals surface area contributed by atoms with E-state index in [9.17, 15) is 14.4 Å². The molecule has 0 spiro atoms. The normalized spacial score (nSPS) is 13.2. The van der Waals surface area contributed by atoms with Gasteiger partial charge >= 0.3 is 5.97 Å². The Morgan fingerprint density at radius 2 is 1.66 bits per heavy atom. The van der Waals surface area contributed by atoms with E-state index in [1.54, 1.807) is 36.4 Å². The van der Waals surface area contributed by atoms with Gasteiger partial charge in [0.25, 0.3) is 11.8 Å². The maximum Gasteiger partial charge on any atom is 0.340 e. The first-order valence-corrected chi connectivity index (χ1v) is 13.0. The van der Waals surface area contributed by atoms with Crippen LogP contribution in [0, 0.1) is 13.8 Å². The summed E-state index contributed by atoms with van der Waals surface area (Å²) in [5, 5.41) is 3.43. The summed E-state index contributed by atoms with van der Waals surface area (Å²) >= 11 is 0.990. The largest absolute Gasteiger partial charge is 0.492 e. The van der Waals surface area contributed by atoms with Gasteiger partial charge in [-0.1, -0.05) is 31.2 Å². The highest BCUT2D eigenvalue weighted by molar-refractivity contribution is 8.04. The molecule has 2 aromatic carbocycles. The van der Waals surface area contributed by atoms with E-state index in [4.69, 9.17) is 9.47 Å². The molecular weight excluding hydrogens is 504 g/mol. The monoisotopic (exact) mass is 532 g/mol. The lowest BCUT2D eigenvalue weighted by atomic mass is 10.1. The predicted octanol–water partition coefficient (Wildman–Crippen LogP) is 5.05. The molecule has 2 heterocycles. The number of nitrogens with one attached hydrogen (secondary N) is 1. The molecule has 4 rings (SSSR count). The second-order valence-corrected chi connectivity index (χ2v) is 9.37. The molecule has 0 aliphatic carbocycles. The molecule has 9 nitrogen and oxygen atoms in total. The van der Waals surface area contributed by atoms with Gasteiger partial charge in [-0.3, -0.25) is 9.59 Å². The molecule has 10 heteroatoms.